The van der Waals surface area contributed by atoms with Gasteiger partial charge in [0.25, 0.3) is 0 Å². The summed E-state index contributed by atoms with van der Waals surface area (Å²) in [4.78, 5) is 18.6. The van der Waals surface area contributed by atoms with Gasteiger partial charge in [0, 0.05) is 41.4 Å². The number of hydrogen-bond acceptors (Lipinski definition) is 5. The van der Waals surface area contributed by atoms with Crippen LogP contribution in [0.5, 0.6) is 0 Å². The molecule has 3 aromatic rings. The van der Waals surface area contributed by atoms with Crippen molar-refractivity contribution < 1.29 is 0 Å². The van der Waals surface area contributed by atoms with E-state index in [4.69, 9.17) is 15.0 Å². The molecule has 6 nitrogen and oxygen atoms in total. The van der Waals surface area contributed by atoms with Gasteiger partial charge in [-0.05, 0) is 18.2 Å². The molecule has 0 spiro atoms. The second kappa shape index (κ2) is 6.83. The van der Waals surface area contributed by atoms with Crippen LogP contribution in [0, 0.1) is 11.3 Å². The minimum Gasteiger partial charge on any atom is -0.334 e. The number of aryl methyl sites for hydroxylation is 1. The molecule has 0 saturated heterocycles. The van der Waals surface area contributed by atoms with E-state index in [1.54, 1.807) is 6.20 Å². The first-order chi connectivity index (χ1) is 13.0. The maximum Gasteiger partial charge on any atom is 0.163 e. The van der Waals surface area contributed by atoms with E-state index >= 15 is 0 Å². The first kappa shape index (κ1) is 19.7. The first-order valence-corrected chi connectivity index (χ1v) is 9.29. The highest BCUT2D eigenvalue weighted by Gasteiger charge is 2.25. The van der Waals surface area contributed by atoms with E-state index in [2.05, 4.69) is 52.6 Å². The third kappa shape index (κ3) is 3.94. The van der Waals surface area contributed by atoms with E-state index in [1.807, 2.05) is 36.0 Å². The van der Waals surface area contributed by atoms with Crippen LogP contribution in [-0.2, 0) is 17.9 Å². The molecule has 0 aliphatic heterocycles. The number of rotatable bonds is 2. The van der Waals surface area contributed by atoms with Crippen LogP contribution in [0.2, 0.25) is 0 Å². The lowest BCUT2D eigenvalue weighted by atomic mass is 9.92. The predicted molar refractivity (Wildman–Crippen MR) is 110 cm³/mol. The maximum absolute atomic E-state index is 9.54. The average Bonchev–Trinajstić information content (AvgIpc) is 3.05. The number of nitriles is 1. The van der Waals surface area contributed by atoms with E-state index in [-0.39, 0.29) is 10.8 Å². The summed E-state index contributed by atoms with van der Waals surface area (Å²) in [6.07, 6.45) is 3.62. The summed E-state index contributed by atoms with van der Waals surface area (Å²) >= 11 is 0. The standard InChI is InChI=1S/C22H26N6/c1-21(2,3)19-25-17(26-20(27-19)22(4,5)6)15-10-14(13-23)11-16(12-15)18-24-8-9-28(18)7/h8-12H,1-7H3. The second-order valence-corrected chi connectivity index (χ2v) is 9.08. The second-order valence-electron chi connectivity index (χ2n) is 9.08. The molecule has 0 bridgehead atoms. The van der Waals surface area contributed by atoms with Gasteiger partial charge in [-0.2, -0.15) is 5.26 Å². The molecule has 0 amide bonds. The third-order valence-electron chi connectivity index (χ3n) is 4.38. The first-order valence-electron chi connectivity index (χ1n) is 9.29. The Labute approximate surface area is 166 Å². The van der Waals surface area contributed by atoms with Crippen LogP contribution in [0.15, 0.2) is 30.6 Å². The molecule has 0 saturated carbocycles. The van der Waals surface area contributed by atoms with E-state index in [1.165, 1.54) is 0 Å². The zero-order chi connectivity index (χ0) is 20.7. The molecular formula is C22H26N6. The van der Waals surface area contributed by atoms with Gasteiger partial charge in [-0.3, -0.25) is 0 Å². The summed E-state index contributed by atoms with van der Waals surface area (Å²) in [6, 6.07) is 7.88. The zero-order valence-corrected chi connectivity index (χ0v) is 17.6. The Morgan fingerprint density at radius 1 is 0.857 bits per heavy atom. The number of benzene rings is 1. The van der Waals surface area contributed by atoms with Crippen molar-refractivity contribution in [2.45, 2.75) is 52.4 Å². The van der Waals surface area contributed by atoms with Crippen molar-refractivity contribution in [2.24, 2.45) is 7.05 Å². The largest absolute Gasteiger partial charge is 0.334 e. The Morgan fingerprint density at radius 2 is 1.43 bits per heavy atom. The predicted octanol–water partition coefficient (Wildman–Crippen LogP) is 4.41. The van der Waals surface area contributed by atoms with Crippen molar-refractivity contribution in [1.29, 1.82) is 5.26 Å². The summed E-state index contributed by atoms with van der Waals surface area (Å²) in [6.45, 7) is 12.5. The minimum absolute atomic E-state index is 0.215. The molecule has 2 aromatic heterocycles. The summed E-state index contributed by atoms with van der Waals surface area (Å²) in [7, 11) is 1.93. The lowest BCUT2D eigenvalue weighted by Gasteiger charge is -2.22. The van der Waals surface area contributed by atoms with Crippen molar-refractivity contribution in [3.8, 4) is 28.8 Å². The van der Waals surface area contributed by atoms with Crippen LogP contribution < -0.4 is 0 Å². The highest BCUT2D eigenvalue weighted by atomic mass is 15.1. The van der Waals surface area contributed by atoms with Gasteiger partial charge < -0.3 is 4.57 Å². The van der Waals surface area contributed by atoms with Gasteiger partial charge >= 0.3 is 0 Å². The van der Waals surface area contributed by atoms with Crippen LogP contribution in [0.1, 0.15) is 58.8 Å². The third-order valence-corrected chi connectivity index (χ3v) is 4.38. The molecule has 0 atom stereocenters. The Hall–Kier alpha value is -3.07. The van der Waals surface area contributed by atoms with E-state index < -0.39 is 0 Å². The van der Waals surface area contributed by atoms with Crippen LogP contribution in [0.4, 0.5) is 0 Å². The molecule has 0 radical (unpaired) electrons. The molecule has 3 rings (SSSR count). The molecule has 2 heterocycles. The maximum atomic E-state index is 9.54. The topological polar surface area (TPSA) is 80.3 Å². The van der Waals surface area contributed by atoms with Gasteiger partial charge in [-0.15, -0.1) is 0 Å². The zero-order valence-electron chi connectivity index (χ0n) is 17.6. The molecule has 6 heteroatoms. The smallest absolute Gasteiger partial charge is 0.163 e. The van der Waals surface area contributed by atoms with Gasteiger partial charge in [0.05, 0.1) is 11.6 Å². The lowest BCUT2D eigenvalue weighted by Crippen LogP contribution is -2.24. The van der Waals surface area contributed by atoms with Crippen LogP contribution in [0.25, 0.3) is 22.8 Å². The van der Waals surface area contributed by atoms with Crippen molar-refractivity contribution in [2.75, 3.05) is 0 Å². The minimum atomic E-state index is -0.215. The van der Waals surface area contributed by atoms with Gasteiger partial charge in [-0.1, -0.05) is 41.5 Å². The molecule has 0 fully saturated rings. The molecule has 0 unspecified atom stereocenters. The van der Waals surface area contributed by atoms with Crippen molar-refractivity contribution in [1.82, 2.24) is 24.5 Å². The number of hydrogen-bond donors (Lipinski definition) is 0. The van der Waals surface area contributed by atoms with Crippen LogP contribution in [-0.4, -0.2) is 24.5 Å². The molecular weight excluding hydrogens is 348 g/mol. The Morgan fingerprint density at radius 3 is 1.89 bits per heavy atom. The molecule has 0 aliphatic carbocycles. The fraction of sp³-hybridized carbons (Fsp3) is 0.409. The highest BCUT2D eigenvalue weighted by molar-refractivity contribution is 5.69. The lowest BCUT2D eigenvalue weighted by molar-refractivity contribution is 0.497. The fourth-order valence-electron chi connectivity index (χ4n) is 2.77. The van der Waals surface area contributed by atoms with Crippen LogP contribution in [0.3, 0.4) is 0 Å². The summed E-state index contributed by atoms with van der Waals surface area (Å²) < 4.78 is 1.93. The van der Waals surface area contributed by atoms with Gasteiger partial charge in [0.1, 0.15) is 17.5 Å². The summed E-state index contributed by atoms with van der Waals surface area (Å²) in [5, 5.41) is 9.54. The number of imidazole rings is 1. The average molecular weight is 374 g/mol. The molecule has 28 heavy (non-hydrogen) atoms. The molecule has 0 aliphatic rings. The molecule has 144 valence electrons. The van der Waals surface area contributed by atoms with Crippen LogP contribution >= 0.6 is 0 Å². The van der Waals surface area contributed by atoms with Gasteiger partial charge in [0.2, 0.25) is 0 Å². The van der Waals surface area contributed by atoms with E-state index in [0.29, 0.717) is 11.4 Å². The van der Waals surface area contributed by atoms with Gasteiger partial charge in [0.15, 0.2) is 5.82 Å². The van der Waals surface area contributed by atoms with Crippen molar-refractivity contribution >= 4 is 0 Å². The quantitative estimate of drug-likeness (QED) is 0.664. The van der Waals surface area contributed by atoms with E-state index in [0.717, 1.165) is 28.6 Å². The number of aromatic nitrogens is 5. The van der Waals surface area contributed by atoms with Crippen molar-refractivity contribution in [3.63, 3.8) is 0 Å². The van der Waals surface area contributed by atoms with Gasteiger partial charge in [-0.25, -0.2) is 19.9 Å². The number of nitrogens with zero attached hydrogens (tertiary/aromatic N) is 6. The van der Waals surface area contributed by atoms with Crippen molar-refractivity contribution in [3.05, 3.63) is 47.8 Å². The normalized spacial score (nSPS) is 12.1. The Kier molecular flexibility index (Phi) is 4.80. The summed E-state index contributed by atoms with van der Waals surface area (Å²) in [5.74, 6) is 2.85. The monoisotopic (exact) mass is 374 g/mol. The molecule has 1 aromatic carbocycles. The summed E-state index contributed by atoms with van der Waals surface area (Å²) in [5.41, 5.74) is 1.76. The fourth-order valence-corrected chi connectivity index (χ4v) is 2.77. The van der Waals surface area contributed by atoms with E-state index in [9.17, 15) is 5.26 Å². The Balaban J connectivity index is 2.26. The Bertz CT molecular complexity index is 1030. The molecule has 0 N–H and O–H groups in total. The highest BCUT2D eigenvalue weighted by Crippen LogP contribution is 2.29. The SMILES string of the molecule is Cn1ccnc1-c1cc(C#N)cc(-c2nc(C(C)(C)C)nc(C(C)(C)C)n2)c1.